The molecule has 0 unspecified atom stereocenters. The molecule has 0 aromatic rings. The van der Waals surface area contributed by atoms with Gasteiger partial charge in [0.1, 0.15) is 11.5 Å². The van der Waals surface area contributed by atoms with Gasteiger partial charge in [-0.3, -0.25) is 9.59 Å². The molecule has 4 N–H and O–H groups in total. The smallest absolute Gasteiger partial charge is 0.338 e. The van der Waals surface area contributed by atoms with Gasteiger partial charge in [-0.05, 0) is 19.8 Å². The molecule has 41 heavy (non-hydrogen) atoms. The summed E-state index contributed by atoms with van der Waals surface area (Å²) >= 11 is 0. The first-order valence-corrected chi connectivity index (χ1v) is 14.2. The van der Waals surface area contributed by atoms with Gasteiger partial charge in [-0.15, -0.1) is 0 Å². The molecule has 0 fully saturated rings. The second kappa shape index (κ2) is 13.4. The molecule has 0 saturated heterocycles. The lowest BCUT2D eigenvalue weighted by atomic mass is 9.72. The van der Waals surface area contributed by atoms with Gasteiger partial charge in [0.2, 0.25) is 0 Å². The van der Waals surface area contributed by atoms with Crippen LogP contribution in [0.2, 0.25) is 0 Å². The number of Topliss-reactive ketones (excluding diaryl/α,β-unsaturated/α-hetero) is 2. The molecular weight excluding hydrogens is 528 g/mol. The van der Waals surface area contributed by atoms with E-state index < -0.39 is 22.8 Å². The first-order valence-electron chi connectivity index (χ1n) is 14.2. The van der Waals surface area contributed by atoms with E-state index in [1.807, 2.05) is 20.8 Å². The van der Waals surface area contributed by atoms with E-state index in [0.29, 0.717) is 43.6 Å². The molecule has 0 heterocycles. The van der Waals surface area contributed by atoms with Crippen molar-refractivity contribution < 1.29 is 38.9 Å². The molecule has 2 aliphatic rings. The Morgan fingerprint density at radius 1 is 0.805 bits per heavy atom. The number of ether oxygens (including phenoxy) is 2. The number of hydrogen-bond donors (Lipinski definition) is 4. The van der Waals surface area contributed by atoms with Crippen LogP contribution in [0.25, 0.3) is 0 Å². The fourth-order valence-electron chi connectivity index (χ4n) is 5.58. The maximum Gasteiger partial charge on any atom is 0.338 e. The highest BCUT2D eigenvalue weighted by Crippen LogP contribution is 2.43. The Hall–Kier alpha value is -3.56. The third kappa shape index (κ3) is 7.21. The zero-order chi connectivity index (χ0) is 31.3. The van der Waals surface area contributed by atoms with Crippen molar-refractivity contribution in [2.45, 2.75) is 93.0 Å². The van der Waals surface area contributed by atoms with E-state index in [2.05, 4.69) is 10.6 Å². The lowest BCUT2D eigenvalue weighted by Crippen LogP contribution is -2.40. The Bertz CT molecular complexity index is 1220. The fourth-order valence-corrected chi connectivity index (χ4v) is 5.58. The van der Waals surface area contributed by atoms with Crippen LogP contribution in [0.1, 0.15) is 87.0 Å². The summed E-state index contributed by atoms with van der Waals surface area (Å²) < 4.78 is 9.79. The maximum absolute atomic E-state index is 13.2. The minimum Gasteiger partial charge on any atom is -0.507 e. The summed E-state index contributed by atoms with van der Waals surface area (Å²) in [6.07, 6.45) is 2.34. The molecule has 0 spiro atoms. The Balaban J connectivity index is 2.49. The summed E-state index contributed by atoms with van der Waals surface area (Å²) in [7, 11) is 2.47. The quantitative estimate of drug-likeness (QED) is 0.203. The second-order valence-corrected chi connectivity index (χ2v) is 12.0. The molecule has 10 nitrogen and oxygen atoms in total. The number of hydrogen-bond acceptors (Lipinski definition) is 10. The van der Waals surface area contributed by atoms with Crippen molar-refractivity contribution in [3.05, 3.63) is 45.2 Å². The van der Waals surface area contributed by atoms with Crippen LogP contribution in [-0.4, -0.2) is 60.5 Å². The minimum absolute atomic E-state index is 0.0394. The first kappa shape index (κ1) is 33.6. The summed E-state index contributed by atoms with van der Waals surface area (Å²) in [5.41, 5.74) is -0.457. The third-order valence-corrected chi connectivity index (χ3v) is 7.49. The van der Waals surface area contributed by atoms with Crippen molar-refractivity contribution in [1.29, 1.82) is 0 Å². The van der Waals surface area contributed by atoms with Gasteiger partial charge >= 0.3 is 11.9 Å². The molecule has 2 aliphatic carbocycles. The number of allylic oxidation sites excluding steroid dienone is 4. The highest BCUT2D eigenvalue weighted by Gasteiger charge is 2.44. The Morgan fingerprint density at radius 3 is 1.59 bits per heavy atom. The highest BCUT2D eigenvalue weighted by molar-refractivity contribution is 6.07. The van der Waals surface area contributed by atoms with Crippen LogP contribution >= 0.6 is 0 Å². The molecule has 0 radical (unpaired) electrons. The van der Waals surface area contributed by atoms with Crippen LogP contribution in [0.4, 0.5) is 0 Å². The Morgan fingerprint density at radius 2 is 1.20 bits per heavy atom. The summed E-state index contributed by atoms with van der Waals surface area (Å²) in [6, 6.07) is -0.296. The second-order valence-electron chi connectivity index (χ2n) is 12.0. The Kier molecular flexibility index (Phi) is 11.0. The average molecular weight is 575 g/mol. The third-order valence-electron chi connectivity index (χ3n) is 7.49. The van der Waals surface area contributed by atoms with Gasteiger partial charge in [-0.25, -0.2) is 9.59 Å². The predicted molar refractivity (Wildman–Crippen MR) is 155 cm³/mol. The van der Waals surface area contributed by atoms with Crippen LogP contribution in [0, 0.1) is 10.8 Å². The van der Waals surface area contributed by atoms with Gasteiger partial charge < -0.3 is 30.3 Å². The van der Waals surface area contributed by atoms with E-state index >= 15 is 0 Å². The lowest BCUT2D eigenvalue weighted by Gasteiger charge is -2.33. The average Bonchev–Trinajstić information content (AvgIpc) is 2.85. The molecule has 0 amide bonds. The molecule has 0 bridgehead atoms. The van der Waals surface area contributed by atoms with Crippen LogP contribution in [0.15, 0.2) is 45.2 Å². The van der Waals surface area contributed by atoms with Crippen molar-refractivity contribution in [3.8, 4) is 0 Å². The van der Waals surface area contributed by atoms with Crippen molar-refractivity contribution in [2.75, 3.05) is 20.8 Å². The number of rotatable bonds is 11. The van der Waals surface area contributed by atoms with Gasteiger partial charge in [-0.1, -0.05) is 54.4 Å². The normalized spacial score (nSPS) is 21.8. The van der Waals surface area contributed by atoms with Gasteiger partial charge in [0.25, 0.3) is 0 Å². The molecule has 228 valence electrons. The van der Waals surface area contributed by atoms with E-state index in [1.54, 1.807) is 27.7 Å². The van der Waals surface area contributed by atoms with Crippen LogP contribution in [-0.2, 0) is 28.7 Å². The molecule has 2 rings (SSSR count). The Labute approximate surface area is 242 Å². The molecule has 0 aliphatic heterocycles. The number of carbonyl (C=O) groups excluding carboxylic acids is 4. The van der Waals surface area contributed by atoms with E-state index in [0.717, 1.165) is 0 Å². The van der Waals surface area contributed by atoms with Gasteiger partial charge in [0, 0.05) is 47.7 Å². The SMILES string of the molecule is CCC/C(NC[C@H](C)N/C(CCC)=C1/C(=O)CC(C)(C)C(C(=O)OC)=C1O)=C1\C(=O)CC(C)(C)C(C(=O)OC)=C1O. The van der Waals surface area contributed by atoms with Crippen molar-refractivity contribution in [2.24, 2.45) is 10.8 Å². The maximum atomic E-state index is 13.2. The molecular formula is C31H46N2O8. The summed E-state index contributed by atoms with van der Waals surface area (Å²) in [5, 5.41) is 28.8. The van der Waals surface area contributed by atoms with Crippen LogP contribution in [0.3, 0.4) is 0 Å². The lowest BCUT2D eigenvalue weighted by molar-refractivity contribution is -0.139. The number of ketones is 2. The van der Waals surface area contributed by atoms with Gasteiger partial charge in [0.05, 0.1) is 36.5 Å². The van der Waals surface area contributed by atoms with Gasteiger partial charge in [0.15, 0.2) is 11.6 Å². The zero-order valence-electron chi connectivity index (χ0n) is 25.9. The molecule has 0 aromatic carbocycles. The van der Waals surface area contributed by atoms with Crippen molar-refractivity contribution in [3.63, 3.8) is 0 Å². The van der Waals surface area contributed by atoms with E-state index in [9.17, 15) is 29.4 Å². The predicted octanol–water partition coefficient (Wildman–Crippen LogP) is 4.63. The standard InChI is InChI=1S/C31H46N2O8/c1-10-12-18(22-20(34)14-30(4,5)24(26(22)36)28(38)40-8)32-16-17(3)33-19(13-11-2)23-21(35)15-31(6,7)25(27(23)37)29(39)41-9/h17,32-33,36-37H,10-16H2,1-9H3/b22-18-,23-19-/t17-/m0/s1. The minimum atomic E-state index is -0.886. The highest BCUT2D eigenvalue weighted by atomic mass is 16.5. The summed E-state index contributed by atoms with van der Waals surface area (Å²) in [6.45, 7) is 12.9. The van der Waals surface area contributed by atoms with Gasteiger partial charge in [-0.2, -0.15) is 0 Å². The van der Waals surface area contributed by atoms with E-state index in [-0.39, 0.29) is 64.3 Å². The number of methoxy groups -OCH3 is 2. The molecule has 1 atom stereocenters. The summed E-state index contributed by atoms with van der Waals surface area (Å²) in [5.74, 6) is -2.65. The fraction of sp³-hybridized carbons (Fsp3) is 0.613. The largest absolute Gasteiger partial charge is 0.507 e. The number of carbonyl (C=O) groups is 4. The van der Waals surface area contributed by atoms with Crippen LogP contribution < -0.4 is 10.6 Å². The van der Waals surface area contributed by atoms with E-state index in [4.69, 9.17) is 9.47 Å². The molecule has 0 aromatic heterocycles. The molecule has 10 heteroatoms. The van der Waals surface area contributed by atoms with Crippen molar-refractivity contribution >= 4 is 23.5 Å². The van der Waals surface area contributed by atoms with Crippen LogP contribution in [0.5, 0.6) is 0 Å². The topological polar surface area (TPSA) is 151 Å². The molecule has 0 saturated carbocycles. The number of aliphatic hydroxyl groups is 2. The van der Waals surface area contributed by atoms with E-state index in [1.165, 1.54) is 14.2 Å². The number of esters is 2. The number of nitrogens with one attached hydrogen (secondary N) is 2. The first-order chi connectivity index (χ1) is 19.1. The monoisotopic (exact) mass is 574 g/mol. The number of aliphatic hydroxyl groups excluding tert-OH is 2. The zero-order valence-corrected chi connectivity index (χ0v) is 25.9. The van der Waals surface area contributed by atoms with Crippen molar-refractivity contribution in [1.82, 2.24) is 10.6 Å². The summed E-state index contributed by atoms with van der Waals surface area (Å²) in [4.78, 5) is 51.4.